The van der Waals surface area contributed by atoms with E-state index in [9.17, 15) is 13.2 Å². The summed E-state index contributed by atoms with van der Waals surface area (Å²) in [5.41, 5.74) is -0.916. The standard InChI is InChI=1S/C13H21F3N4/c1-5-9(4)20(7-3)11-8-10(13(14,15)16)18-12(19-11)17-6-2/h8-9H,5-7H2,1-4H3,(H,17,18,19). The van der Waals surface area contributed by atoms with Gasteiger partial charge in [0.1, 0.15) is 5.82 Å². The third-order valence-electron chi connectivity index (χ3n) is 3.10. The van der Waals surface area contributed by atoms with Gasteiger partial charge in [0, 0.05) is 25.2 Å². The Bertz CT molecular complexity index is 434. The summed E-state index contributed by atoms with van der Waals surface area (Å²) in [4.78, 5) is 9.55. The number of halogens is 3. The first-order chi connectivity index (χ1) is 9.33. The largest absolute Gasteiger partial charge is 0.433 e. The van der Waals surface area contributed by atoms with Crippen molar-refractivity contribution in [2.75, 3.05) is 23.3 Å². The van der Waals surface area contributed by atoms with Crippen molar-refractivity contribution < 1.29 is 13.2 Å². The van der Waals surface area contributed by atoms with Crippen LogP contribution in [0.4, 0.5) is 24.9 Å². The minimum Gasteiger partial charge on any atom is -0.354 e. The summed E-state index contributed by atoms with van der Waals surface area (Å²) < 4.78 is 38.7. The van der Waals surface area contributed by atoms with Crippen molar-refractivity contribution in [3.05, 3.63) is 11.8 Å². The number of hydrogen-bond donors (Lipinski definition) is 1. The van der Waals surface area contributed by atoms with Crippen LogP contribution in [0.5, 0.6) is 0 Å². The van der Waals surface area contributed by atoms with Gasteiger partial charge in [0.25, 0.3) is 0 Å². The summed E-state index contributed by atoms with van der Waals surface area (Å²) >= 11 is 0. The van der Waals surface area contributed by atoms with Crippen molar-refractivity contribution >= 4 is 11.8 Å². The van der Waals surface area contributed by atoms with Crippen molar-refractivity contribution in [1.82, 2.24) is 9.97 Å². The number of hydrogen-bond acceptors (Lipinski definition) is 4. The molecule has 0 spiro atoms. The molecule has 0 radical (unpaired) electrons. The van der Waals surface area contributed by atoms with Gasteiger partial charge in [-0.15, -0.1) is 0 Å². The van der Waals surface area contributed by atoms with E-state index in [2.05, 4.69) is 15.3 Å². The van der Waals surface area contributed by atoms with E-state index < -0.39 is 11.9 Å². The van der Waals surface area contributed by atoms with Gasteiger partial charge in [-0.3, -0.25) is 0 Å². The molecule has 20 heavy (non-hydrogen) atoms. The molecule has 1 atom stereocenters. The summed E-state index contributed by atoms with van der Waals surface area (Å²) in [7, 11) is 0. The fraction of sp³-hybridized carbons (Fsp3) is 0.692. The van der Waals surface area contributed by atoms with Gasteiger partial charge >= 0.3 is 6.18 Å². The van der Waals surface area contributed by atoms with Crippen molar-refractivity contribution in [2.24, 2.45) is 0 Å². The molecular weight excluding hydrogens is 269 g/mol. The zero-order valence-corrected chi connectivity index (χ0v) is 12.3. The molecule has 1 aromatic rings. The number of nitrogens with zero attached hydrogens (tertiary/aromatic N) is 3. The lowest BCUT2D eigenvalue weighted by Gasteiger charge is -2.29. The van der Waals surface area contributed by atoms with Gasteiger partial charge in [0.05, 0.1) is 0 Å². The quantitative estimate of drug-likeness (QED) is 0.870. The molecule has 4 nitrogen and oxygen atoms in total. The van der Waals surface area contributed by atoms with Crippen molar-refractivity contribution in [3.63, 3.8) is 0 Å². The van der Waals surface area contributed by atoms with Crippen LogP contribution in [0.3, 0.4) is 0 Å². The Morgan fingerprint density at radius 3 is 2.35 bits per heavy atom. The van der Waals surface area contributed by atoms with E-state index in [0.29, 0.717) is 18.9 Å². The highest BCUT2D eigenvalue weighted by Gasteiger charge is 2.34. The molecule has 0 aliphatic carbocycles. The molecule has 1 N–H and O–H groups in total. The normalized spacial score (nSPS) is 13.2. The molecule has 0 saturated carbocycles. The minimum absolute atomic E-state index is 0.0130. The van der Waals surface area contributed by atoms with Crippen LogP contribution in [0, 0.1) is 0 Å². The van der Waals surface area contributed by atoms with Crippen LogP contribution in [-0.2, 0) is 6.18 Å². The van der Waals surface area contributed by atoms with Crippen LogP contribution in [0.2, 0.25) is 0 Å². The summed E-state index contributed by atoms with van der Waals surface area (Å²) in [6.07, 6.45) is -3.65. The maximum absolute atomic E-state index is 12.9. The highest BCUT2D eigenvalue weighted by molar-refractivity contribution is 5.46. The van der Waals surface area contributed by atoms with Crippen molar-refractivity contribution in [2.45, 2.75) is 46.3 Å². The molecule has 0 bridgehead atoms. The Kier molecular flexibility index (Phi) is 5.59. The van der Waals surface area contributed by atoms with Gasteiger partial charge in [-0.05, 0) is 27.2 Å². The number of alkyl halides is 3. The summed E-state index contributed by atoms with van der Waals surface area (Å²) in [5, 5.41) is 2.75. The Balaban J connectivity index is 3.26. The second kappa shape index (κ2) is 6.76. The fourth-order valence-corrected chi connectivity index (χ4v) is 1.88. The van der Waals surface area contributed by atoms with E-state index in [1.807, 2.05) is 25.7 Å². The summed E-state index contributed by atoms with van der Waals surface area (Å²) in [6.45, 7) is 8.70. The first-order valence-electron chi connectivity index (χ1n) is 6.80. The highest BCUT2D eigenvalue weighted by atomic mass is 19.4. The Morgan fingerprint density at radius 1 is 1.25 bits per heavy atom. The van der Waals surface area contributed by atoms with E-state index in [1.54, 1.807) is 6.92 Å². The van der Waals surface area contributed by atoms with Crippen LogP contribution < -0.4 is 10.2 Å². The topological polar surface area (TPSA) is 41.1 Å². The molecular formula is C13H21F3N4. The zero-order chi connectivity index (χ0) is 15.3. The second-order valence-electron chi connectivity index (χ2n) is 4.51. The van der Waals surface area contributed by atoms with Crippen molar-refractivity contribution in [1.29, 1.82) is 0 Å². The molecule has 114 valence electrons. The smallest absolute Gasteiger partial charge is 0.354 e. The molecule has 0 aliphatic heterocycles. The van der Waals surface area contributed by atoms with Gasteiger partial charge in [0.15, 0.2) is 5.69 Å². The Morgan fingerprint density at radius 2 is 1.90 bits per heavy atom. The van der Waals surface area contributed by atoms with Gasteiger partial charge in [-0.2, -0.15) is 18.2 Å². The molecule has 0 aliphatic rings. The highest BCUT2D eigenvalue weighted by Crippen LogP contribution is 2.31. The van der Waals surface area contributed by atoms with Crippen molar-refractivity contribution in [3.8, 4) is 0 Å². The van der Waals surface area contributed by atoms with E-state index in [1.165, 1.54) is 0 Å². The SMILES string of the molecule is CCNc1nc(N(CC)C(C)CC)cc(C(F)(F)F)n1. The first-order valence-corrected chi connectivity index (χ1v) is 6.80. The monoisotopic (exact) mass is 290 g/mol. The Hall–Kier alpha value is -1.53. The number of rotatable bonds is 6. The van der Waals surface area contributed by atoms with Crippen LogP contribution in [0.25, 0.3) is 0 Å². The van der Waals surface area contributed by atoms with Crippen LogP contribution in [0.15, 0.2) is 6.07 Å². The maximum Gasteiger partial charge on any atom is 0.433 e. The average molecular weight is 290 g/mol. The number of nitrogens with one attached hydrogen (secondary N) is 1. The van der Waals surface area contributed by atoms with Gasteiger partial charge < -0.3 is 10.2 Å². The third kappa shape index (κ3) is 3.98. The van der Waals surface area contributed by atoms with Gasteiger partial charge in [-0.25, -0.2) is 4.98 Å². The maximum atomic E-state index is 12.9. The van der Waals surface area contributed by atoms with E-state index in [-0.39, 0.29) is 12.0 Å². The van der Waals surface area contributed by atoms with E-state index >= 15 is 0 Å². The minimum atomic E-state index is -4.48. The lowest BCUT2D eigenvalue weighted by Crippen LogP contribution is -2.33. The molecule has 1 unspecified atom stereocenters. The molecule has 0 fully saturated rings. The van der Waals surface area contributed by atoms with Crippen LogP contribution in [0.1, 0.15) is 39.8 Å². The van der Waals surface area contributed by atoms with Gasteiger partial charge in [-0.1, -0.05) is 6.92 Å². The molecule has 0 aromatic carbocycles. The lowest BCUT2D eigenvalue weighted by molar-refractivity contribution is -0.141. The summed E-state index contributed by atoms with van der Waals surface area (Å²) in [5.74, 6) is 0.319. The van der Waals surface area contributed by atoms with Crippen LogP contribution in [-0.4, -0.2) is 29.1 Å². The second-order valence-corrected chi connectivity index (χ2v) is 4.51. The Labute approximate surface area is 117 Å². The molecule has 0 saturated heterocycles. The van der Waals surface area contributed by atoms with E-state index in [4.69, 9.17) is 0 Å². The molecule has 1 heterocycles. The molecule has 0 amide bonds. The van der Waals surface area contributed by atoms with Crippen LogP contribution >= 0.6 is 0 Å². The molecule has 1 rings (SSSR count). The average Bonchev–Trinajstić information content (AvgIpc) is 2.38. The predicted octanol–water partition coefficient (Wildman–Crippen LogP) is 3.55. The third-order valence-corrected chi connectivity index (χ3v) is 3.10. The molecule has 7 heteroatoms. The lowest BCUT2D eigenvalue weighted by atomic mass is 10.2. The first kappa shape index (κ1) is 16.5. The predicted molar refractivity (Wildman–Crippen MR) is 74.0 cm³/mol. The molecule has 1 aromatic heterocycles. The van der Waals surface area contributed by atoms with E-state index in [0.717, 1.165) is 12.5 Å². The summed E-state index contributed by atoms with van der Waals surface area (Å²) in [6, 6.07) is 1.13. The fourth-order valence-electron chi connectivity index (χ4n) is 1.88. The number of aromatic nitrogens is 2. The van der Waals surface area contributed by atoms with Gasteiger partial charge in [0.2, 0.25) is 5.95 Å². The number of anilines is 2. The zero-order valence-electron chi connectivity index (χ0n) is 12.3.